The van der Waals surface area contributed by atoms with Gasteiger partial charge in [-0.15, -0.1) is 0 Å². The fourth-order valence-electron chi connectivity index (χ4n) is 3.57. The molecule has 3 rings (SSSR count). The number of hydrogen-bond acceptors (Lipinski definition) is 5. The van der Waals surface area contributed by atoms with Gasteiger partial charge in [-0.05, 0) is 43.5 Å². The number of carbonyl (C=O) groups is 1. The summed E-state index contributed by atoms with van der Waals surface area (Å²) >= 11 is 0. The number of amides is 1. The lowest BCUT2D eigenvalue weighted by molar-refractivity contribution is -0.131. The van der Waals surface area contributed by atoms with Crippen LogP contribution in [-0.2, 0) is 16.1 Å². The highest BCUT2D eigenvalue weighted by atomic mass is 16.5. The van der Waals surface area contributed by atoms with Gasteiger partial charge in [0, 0.05) is 39.3 Å². The highest BCUT2D eigenvalue weighted by Gasteiger charge is 2.26. The molecule has 0 aromatic heterocycles. The Morgan fingerprint density at radius 2 is 2.08 bits per heavy atom. The normalized spacial score (nSPS) is 25.0. The van der Waals surface area contributed by atoms with Crippen LogP contribution in [0, 0.1) is 5.92 Å². The Kier molecular flexibility index (Phi) is 6.51. The van der Waals surface area contributed by atoms with Crippen LogP contribution >= 0.6 is 0 Å². The standard InChI is InChI=1S/C20H31N3O3/c1-15-6-11-26-19(12-15)20(24)21-17-13-16(4-5-18(17)25-3)14-23-9-7-22(2)8-10-23/h4-5,13,15,19H,6-12,14H2,1-3H3,(H,21,24)/t15-,19-/m0/s1. The number of ether oxygens (including phenoxy) is 2. The third kappa shape index (κ3) is 4.96. The van der Waals surface area contributed by atoms with Gasteiger partial charge >= 0.3 is 0 Å². The van der Waals surface area contributed by atoms with Crippen molar-refractivity contribution in [1.29, 1.82) is 0 Å². The number of nitrogens with one attached hydrogen (secondary N) is 1. The molecule has 2 heterocycles. The summed E-state index contributed by atoms with van der Waals surface area (Å²) in [6, 6.07) is 6.04. The molecule has 6 heteroatoms. The number of rotatable bonds is 5. The molecule has 2 aliphatic heterocycles. The summed E-state index contributed by atoms with van der Waals surface area (Å²) in [7, 11) is 3.79. The first-order chi connectivity index (χ1) is 12.5. The van der Waals surface area contributed by atoms with E-state index in [9.17, 15) is 4.79 Å². The smallest absolute Gasteiger partial charge is 0.253 e. The molecule has 1 N–H and O–H groups in total. The van der Waals surface area contributed by atoms with E-state index in [2.05, 4.69) is 35.2 Å². The molecular formula is C20H31N3O3. The fourth-order valence-corrected chi connectivity index (χ4v) is 3.57. The van der Waals surface area contributed by atoms with Crippen molar-refractivity contribution >= 4 is 11.6 Å². The lowest BCUT2D eigenvalue weighted by atomic mass is 9.97. The molecule has 0 bridgehead atoms. The molecule has 1 aromatic rings. The summed E-state index contributed by atoms with van der Waals surface area (Å²) in [5.41, 5.74) is 1.91. The maximum atomic E-state index is 12.6. The maximum absolute atomic E-state index is 12.6. The van der Waals surface area contributed by atoms with Gasteiger partial charge in [0.2, 0.25) is 0 Å². The molecule has 0 spiro atoms. The predicted molar refractivity (Wildman–Crippen MR) is 103 cm³/mol. The van der Waals surface area contributed by atoms with E-state index < -0.39 is 0 Å². The van der Waals surface area contributed by atoms with Crippen molar-refractivity contribution in [2.75, 3.05) is 52.3 Å². The molecule has 144 valence electrons. The van der Waals surface area contributed by atoms with Gasteiger partial charge in [-0.1, -0.05) is 13.0 Å². The first kappa shape index (κ1) is 19.1. The van der Waals surface area contributed by atoms with Crippen molar-refractivity contribution in [2.24, 2.45) is 5.92 Å². The van der Waals surface area contributed by atoms with E-state index >= 15 is 0 Å². The SMILES string of the molecule is COc1ccc(CN2CCN(C)CC2)cc1NC(=O)[C@@H]1C[C@@H](C)CCO1. The molecule has 0 aliphatic carbocycles. The molecule has 1 aromatic carbocycles. The van der Waals surface area contributed by atoms with Crippen LogP contribution in [0.4, 0.5) is 5.69 Å². The zero-order valence-corrected chi connectivity index (χ0v) is 16.2. The molecule has 2 atom stereocenters. The van der Waals surface area contributed by atoms with Crippen molar-refractivity contribution in [3.8, 4) is 5.75 Å². The largest absolute Gasteiger partial charge is 0.495 e. The van der Waals surface area contributed by atoms with Crippen LogP contribution in [0.15, 0.2) is 18.2 Å². The van der Waals surface area contributed by atoms with E-state index in [-0.39, 0.29) is 12.0 Å². The molecule has 2 aliphatic rings. The maximum Gasteiger partial charge on any atom is 0.253 e. The number of piperazine rings is 1. The lowest BCUT2D eigenvalue weighted by Crippen LogP contribution is -2.43. The molecule has 26 heavy (non-hydrogen) atoms. The van der Waals surface area contributed by atoms with E-state index in [1.807, 2.05) is 12.1 Å². The minimum Gasteiger partial charge on any atom is -0.495 e. The van der Waals surface area contributed by atoms with Crippen LogP contribution in [0.1, 0.15) is 25.3 Å². The molecule has 0 radical (unpaired) electrons. The number of benzene rings is 1. The third-order valence-corrected chi connectivity index (χ3v) is 5.36. The number of anilines is 1. The average Bonchev–Trinajstić information content (AvgIpc) is 2.64. The first-order valence-corrected chi connectivity index (χ1v) is 9.55. The van der Waals surface area contributed by atoms with Crippen LogP contribution in [0.5, 0.6) is 5.75 Å². The highest BCUT2D eigenvalue weighted by molar-refractivity contribution is 5.95. The van der Waals surface area contributed by atoms with E-state index in [1.54, 1.807) is 7.11 Å². The van der Waals surface area contributed by atoms with Crippen molar-refractivity contribution < 1.29 is 14.3 Å². The van der Waals surface area contributed by atoms with Crippen LogP contribution < -0.4 is 10.1 Å². The highest BCUT2D eigenvalue weighted by Crippen LogP contribution is 2.28. The second-order valence-electron chi connectivity index (χ2n) is 7.59. The van der Waals surface area contributed by atoms with E-state index in [0.717, 1.165) is 51.3 Å². The van der Waals surface area contributed by atoms with Gasteiger partial charge in [0.25, 0.3) is 5.91 Å². The topological polar surface area (TPSA) is 54.0 Å². The Balaban J connectivity index is 1.66. The summed E-state index contributed by atoms with van der Waals surface area (Å²) in [6.45, 7) is 8.03. The van der Waals surface area contributed by atoms with Gasteiger partial charge in [0.15, 0.2) is 0 Å². The van der Waals surface area contributed by atoms with E-state index in [0.29, 0.717) is 18.3 Å². The second-order valence-corrected chi connectivity index (χ2v) is 7.59. The summed E-state index contributed by atoms with van der Waals surface area (Å²) in [5, 5.41) is 3.02. The molecule has 6 nitrogen and oxygen atoms in total. The van der Waals surface area contributed by atoms with Crippen molar-refractivity contribution in [3.05, 3.63) is 23.8 Å². The van der Waals surface area contributed by atoms with E-state index in [1.165, 1.54) is 5.56 Å². The number of hydrogen-bond donors (Lipinski definition) is 1. The minimum atomic E-state index is -0.371. The number of carbonyl (C=O) groups excluding carboxylic acids is 1. The molecule has 2 saturated heterocycles. The number of methoxy groups -OCH3 is 1. The van der Waals surface area contributed by atoms with Gasteiger partial charge in [-0.25, -0.2) is 0 Å². The number of nitrogens with zero attached hydrogens (tertiary/aromatic N) is 2. The molecule has 1 amide bonds. The van der Waals surface area contributed by atoms with Gasteiger partial charge < -0.3 is 19.7 Å². The Hall–Kier alpha value is -1.63. The van der Waals surface area contributed by atoms with Gasteiger partial charge in [-0.3, -0.25) is 9.69 Å². The Morgan fingerprint density at radius 1 is 1.31 bits per heavy atom. The van der Waals surface area contributed by atoms with Crippen LogP contribution in [-0.4, -0.2) is 68.8 Å². The Morgan fingerprint density at radius 3 is 2.77 bits per heavy atom. The average molecular weight is 361 g/mol. The quantitative estimate of drug-likeness (QED) is 0.871. The third-order valence-electron chi connectivity index (χ3n) is 5.36. The van der Waals surface area contributed by atoms with Crippen LogP contribution in [0.3, 0.4) is 0 Å². The van der Waals surface area contributed by atoms with Gasteiger partial charge in [-0.2, -0.15) is 0 Å². The molecule has 2 fully saturated rings. The lowest BCUT2D eigenvalue weighted by Gasteiger charge is -2.32. The predicted octanol–water partition coefficient (Wildman–Crippen LogP) is 2.20. The summed E-state index contributed by atoms with van der Waals surface area (Å²) in [4.78, 5) is 17.4. The summed E-state index contributed by atoms with van der Waals surface area (Å²) in [5.74, 6) is 1.13. The van der Waals surface area contributed by atoms with E-state index in [4.69, 9.17) is 9.47 Å². The first-order valence-electron chi connectivity index (χ1n) is 9.55. The zero-order valence-electron chi connectivity index (χ0n) is 16.2. The second kappa shape index (κ2) is 8.84. The monoisotopic (exact) mass is 361 g/mol. The van der Waals surface area contributed by atoms with Crippen LogP contribution in [0.2, 0.25) is 0 Å². The Labute approximate surface area is 156 Å². The Bertz CT molecular complexity index is 614. The molecule has 0 unspecified atom stereocenters. The zero-order chi connectivity index (χ0) is 18.5. The summed E-state index contributed by atoms with van der Waals surface area (Å²) in [6.07, 6.45) is 1.42. The van der Waals surface area contributed by atoms with Crippen LogP contribution in [0.25, 0.3) is 0 Å². The summed E-state index contributed by atoms with van der Waals surface area (Å²) < 4.78 is 11.1. The minimum absolute atomic E-state index is 0.0772. The van der Waals surface area contributed by atoms with Crippen molar-refractivity contribution in [1.82, 2.24) is 9.80 Å². The molecular weight excluding hydrogens is 330 g/mol. The van der Waals surface area contributed by atoms with Gasteiger partial charge in [0.05, 0.1) is 12.8 Å². The fraction of sp³-hybridized carbons (Fsp3) is 0.650. The van der Waals surface area contributed by atoms with Gasteiger partial charge in [0.1, 0.15) is 11.9 Å². The van der Waals surface area contributed by atoms with Crippen molar-refractivity contribution in [2.45, 2.75) is 32.4 Å². The van der Waals surface area contributed by atoms with Crippen molar-refractivity contribution in [3.63, 3.8) is 0 Å². The number of likely N-dealkylation sites (N-methyl/N-ethyl adjacent to an activating group) is 1. The molecule has 0 saturated carbocycles.